The molecule has 0 aliphatic rings. The number of benzene rings is 2. The largest absolute Gasteiger partial charge is 0.254 e. The molecule has 0 amide bonds. The summed E-state index contributed by atoms with van der Waals surface area (Å²) in [6.45, 7) is 2.02. The molecule has 0 N–H and O–H groups in total. The Hall–Kier alpha value is -3.00. The van der Waals surface area contributed by atoms with Crippen molar-refractivity contribution < 1.29 is 0 Å². The molecule has 110 valence electrons. The molecular weight excluding hydrogens is 280 g/mol. The van der Waals surface area contributed by atoms with Gasteiger partial charge in [-0.25, -0.2) is 0 Å². The summed E-state index contributed by atoms with van der Waals surface area (Å²) < 4.78 is 0. The molecule has 2 heteroatoms. The van der Waals surface area contributed by atoms with Crippen LogP contribution in [0.1, 0.15) is 16.8 Å². The van der Waals surface area contributed by atoms with Gasteiger partial charge in [-0.15, -0.1) is 0 Å². The SMILES string of the molecule is Cc1nc2cc(/C=C/c3ccccc3)ccc2c2cccnc12. The van der Waals surface area contributed by atoms with E-state index in [1.54, 1.807) is 0 Å². The number of rotatable bonds is 2. The van der Waals surface area contributed by atoms with Crippen LogP contribution in [0, 0.1) is 6.92 Å². The van der Waals surface area contributed by atoms with E-state index in [0.29, 0.717) is 0 Å². The summed E-state index contributed by atoms with van der Waals surface area (Å²) in [5.74, 6) is 0. The molecule has 4 aromatic rings. The van der Waals surface area contributed by atoms with E-state index in [2.05, 4.69) is 53.5 Å². The fraction of sp³-hybridized carbons (Fsp3) is 0.0476. The van der Waals surface area contributed by atoms with Gasteiger partial charge in [0.2, 0.25) is 0 Å². The van der Waals surface area contributed by atoms with Crippen LogP contribution in [0.5, 0.6) is 0 Å². The molecule has 2 nitrogen and oxygen atoms in total. The Morgan fingerprint density at radius 3 is 2.48 bits per heavy atom. The Morgan fingerprint density at radius 2 is 1.61 bits per heavy atom. The zero-order valence-corrected chi connectivity index (χ0v) is 12.9. The van der Waals surface area contributed by atoms with Crippen LogP contribution >= 0.6 is 0 Å². The minimum atomic E-state index is 0.970. The molecule has 0 saturated carbocycles. The number of aromatic nitrogens is 2. The lowest BCUT2D eigenvalue weighted by atomic mass is 10.0. The van der Waals surface area contributed by atoms with E-state index in [9.17, 15) is 0 Å². The average molecular weight is 296 g/mol. The van der Waals surface area contributed by atoms with Crippen molar-refractivity contribution in [1.82, 2.24) is 9.97 Å². The number of nitrogens with zero attached hydrogens (tertiary/aromatic N) is 2. The average Bonchev–Trinajstić information content (AvgIpc) is 2.61. The van der Waals surface area contributed by atoms with Crippen LogP contribution in [0.2, 0.25) is 0 Å². The third-order valence-corrected chi connectivity index (χ3v) is 4.02. The Bertz CT molecular complexity index is 1020. The lowest BCUT2D eigenvalue weighted by Crippen LogP contribution is -1.90. The highest BCUT2D eigenvalue weighted by molar-refractivity contribution is 6.05. The summed E-state index contributed by atoms with van der Waals surface area (Å²) in [4.78, 5) is 9.18. The minimum absolute atomic E-state index is 0.970. The van der Waals surface area contributed by atoms with Crippen molar-refractivity contribution in [2.24, 2.45) is 0 Å². The summed E-state index contributed by atoms with van der Waals surface area (Å²) in [6.07, 6.45) is 6.07. The van der Waals surface area contributed by atoms with Crippen LogP contribution in [0.4, 0.5) is 0 Å². The maximum atomic E-state index is 4.72. The maximum Gasteiger partial charge on any atom is 0.0920 e. The Kier molecular flexibility index (Phi) is 3.35. The zero-order valence-electron chi connectivity index (χ0n) is 12.9. The molecule has 0 bridgehead atoms. The first kappa shape index (κ1) is 13.6. The van der Waals surface area contributed by atoms with Crippen molar-refractivity contribution in [2.75, 3.05) is 0 Å². The van der Waals surface area contributed by atoms with Gasteiger partial charge in [0, 0.05) is 17.0 Å². The van der Waals surface area contributed by atoms with E-state index in [4.69, 9.17) is 4.98 Å². The molecule has 0 saturated heterocycles. The summed E-state index contributed by atoms with van der Waals surface area (Å²) >= 11 is 0. The standard InChI is InChI=1S/C21H16N2/c1-15-21-19(8-5-13-22-21)18-12-11-17(14-20(18)23-15)10-9-16-6-3-2-4-7-16/h2-14H,1H3/b10-9+. The van der Waals surface area contributed by atoms with E-state index < -0.39 is 0 Å². The predicted octanol–water partition coefficient (Wildman–Crippen LogP) is 5.26. The van der Waals surface area contributed by atoms with Gasteiger partial charge in [-0.3, -0.25) is 9.97 Å². The topological polar surface area (TPSA) is 25.8 Å². The third-order valence-electron chi connectivity index (χ3n) is 4.02. The summed E-state index contributed by atoms with van der Waals surface area (Å²) in [5, 5.41) is 2.31. The summed E-state index contributed by atoms with van der Waals surface area (Å²) in [5.41, 5.74) is 5.30. The fourth-order valence-corrected chi connectivity index (χ4v) is 2.87. The second-order valence-electron chi connectivity index (χ2n) is 5.62. The second-order valence-corrected chi connectivity index (χ2v) is 5.62. The molecule has 0 fully saturated rings. The number of fused-ring (bicyclic) bond motifs is 3. The van der Waals surface area contributed by atoms with Gasteiger partial charge in [-0.2, -0.15) is 0 Å². The van der Waals surface area contributed by atoms with Crippen molar-refractivity contribution >= 4 is 34.0 Å². The van der Waals surface area contributed by atoms with E-state index in [-0.39, 0.29) is 0 Å². The van der Waals surface area contributed by atoms with Crippen LogP contribution in [0.25, 0.3) is 34.0 Å². The summed E-state index contributed by atoms with van der Waals surface area (Å²) in [6, 6.07) is 20.8. The van der Waals surface area contributed by atoms with Crippen LogP contribution in [-0.4, -0.2) is 9.97 Å². The van der Waals surface area contributed by atoms with Gasteiger partial charge in [0.05, 0.1) is 16.7 Å². The molecule has 0 atom stereocenters. The molecule has 0 radical (unpaired) electrons. The highest BCUT2D eigenvalue weighted by Gasteiger charge is 2.06. The molecule has 4 rings (SSSR count). The first-order chi connectivity index (χ1) is 11.3. The molecule has 2 aromatic heterocycles. The molecule has 0 aliphatic carbocycles. The van der Waals surface area contributed by atoms with Crippen LogP contribution in [-0.2, 0) is 0 Å². The van der Waals surface area contributed by atoms with Gasteiger partial charge in [-0.05, 0) is 30.2 Å². The predicted molar refractivity (Wildman–Crippen MR) is 97.2 cm³/mol. The third kappa shape index (κ3) is 2.59. The van der Waals surface area contributed by atoms with Crippen molar-refractivity contribution in [3.8, 4) is 0 Å². The van der Waals surface area contributed by atoms with Crippen molar-refractivity contribution in [3.05, 3.63) is 83.7 Å². The van der Waals surface area contributed by atoms with Crippen LogP contribution in [0.3, 0.4) is 0 Å². The molecule has 2 heterocycles. The van der Waals surface area contributed by atoms with Crippen LogP contribution < -0.4 is 0 Å². The lowest BCUT2D eigenvalue weighted by Gasteiger charge is -2.06. The Balaban J connectivity index is 1.82. The summed E-state index contributed by atoms with van der Waals surface area (Å²) in [7, 11) is 0. The molecular formula is C21H16N2. The van der Waals surface area contributed by atoms with Gasteiger partial charge in [0.15, 0.2) is 0 Å². The number of aryl methyl sites for hydroxylation is 1. The number of hydrogen-bond acceptors (Lipinski definition) is 2. The van der Waals surface area contributed by atoms with E-state index >= 15 is 0 Å². The van der Waals surface area contributed by atoms with Crippen LogP contribution in [0.15, 0.2) is 66.9 Å². The zero-order chi connectivity index (χ0) is 15.6. The maximum absolute atomic E-state index is 4.72. The van der Waals surface area contributed by atoms with Gasteiger partial charge in [0.25, 0.3) is 0 Å². The highest BCUT2D eigenvalue weighted by atomic mass is 14.8. The fourth-order valence-electron chi connectivity index (χ4n) is 2.87. The lowest BCUT2D eigenvalue weighted by molar-refractivity contribution is 1.25. The first-order valence-corrected chi connectivity index (χ1v) is 7.69. The van der Waals surface area contributed by atoms with Gasteiger partial charge < -0.3 is 0 Å². The molecule has 0 aliphatic heterocycles. The first-order valence-electron chi connectivity index (χ1n) is 7.69. The number of hydrogen-bond donors (Lipinski definition) is 0. The Morgan fingerprint density at radius 1 is 0.783 bits per heavy atom. The van der Waals surface area contributed by atoms with E-state index in [1.807, 2.05) is 37.4 Å². The van der Waals surface area contributed by atoms with Crippen molar-refractivity contribution in [3.63, 3.8) is 0 Å². The van der Waals surface area contributed by atoms with Crippen molar-refractivity contribution in [2.45, 2.75) is 6.92 Å². The van der Waals surface area contributed by atoms with E-state index in [1.165, 1.54) is 5.56 Å². The molecule has 0 spiro atoms. The van der Waals surface area contributed by atoms with Gasteiger partial charge >= 0.3 is 0 Å². The second kappa shape index (κ2) is 5.65. The van der Waals surface area contributed by atoms with Gasteiger partial charge in [0.1, 0.15) is 0 Å². The highest BCUT2D eigenvalue weighted by Crippen LogP contribution is 2.25. The normalized spacial score (nSPS) is 11.5. The van der Waals surface area contributed by atoms with Gasteiger partial charge in [-0.1, -0.05) is 60.7 Å². The molecule has 0 unspecified atom stereocenters. The molecule has 2 aromatic carbocycles. The Labute approximate surface area is 135 Å². The minimum Gasteiger partial charge on any atom is -0.254 e. The smallest absolute Gasteiger partial charge is 0.0920 e. The van der Waals surface area contributed by atoms with Crippen molar-refractivity contribution in [1.29, 1.82) is 0 Å². The monoisotopic (exact) mass is 296 g/mol. The van der Waals surface area contributed by atoms with E-state index in [0.717, 1.165) is 33.1 Å². The number of pyridine rings is 2. The molecule has 23 heavy (non-hydrogen) atoms. The quantitative estimate of drug-likeness (QED) is 0.372.